The van der Waals surface area contributed by atoms with E-state index in [0.717, 1.165) is 11.8 Å². The van der Waals surface area contributed by atoms with Crippen LogP contribution in [-0.2, 0) is 4.79 Å². The Morgan fingerprint density at radius 3 is 2.34 bits per heavy atom. The molecule has 0 atom stereocenters. The molecule has 0 radical (unpaired) electrons. The van der Waals surface area contributed by atoms with Gasteiger partial charge in [0, 0.05) is 45.8 Å². The van der Waals surface area contributed by atoms with Crippen molar-refractivity contribution in [1.29, 1.82) is 0 Å². The van der Waals surface area contributed by atoms with Crippen LogP contribution in [0.25, 0.3) is 11.1 Å². The van der Waals surface area contributed by atoms with Gasteiger partial charge in [-0.05, 0) is 41.6 Å². The summed E-state index contributed by atoms with van der Waals surface area (Å²) in [5, 5.41) is 2.30. The highest BCUT2D eigenvalue weighted by Gasteiger charge is 2.30. The molecule has 5 N–H and O–H groups in total. The van der Waals surface area contributed by atoms with Crippen LogP contribution in [0.4, 0.5) is 5.69 Å². The summed E-state index contributed by atoms with van der Waals surface area (Å²) in [6.07, 6.45) is 0.00566. The van der Waals surface area contributed by atoms with Gasteiger partial charge in [-0.2, -0.15) is 0 Å². The molecule has 8 heteroatoms. The van der Waals surface area contributed by atoms with Crippen molar-refractivity contribution in [2.75, 3.05) is 12.3 Å². The highest BCUT2D eigenvalue weighted by atomic mass is 32.2. The number of ketones is 1. The molecular formula is C24H19N3O4S. The Bertz CT molecular complexity index is 1290. The van der Waals surface area contributed by atoms with Gasteiger partial charge in [-0.3, -0.25) is 19.2 Å². The van der Waals surface area contributed by atoms with E-state index in [1.165, 1.54) is 6.07 Å². The van der Waals surface area contributed by atoms with E-state index in [1.807, 2.05) is 12.1 Å². The fourth-order valence-corrected chi connectivity index (χ4v) is 4.55. The van der Waals surface area contributed by atoms with Gasteiger partial charge >= 0.3 is 0 Å². The number of amides is 2. The van der Waals surface area contributed by atoms with E-state index in [2.05, 4.69) is 5.32 Å². The van der Waals surface area contributed by atoms with Crippen LogP contribution in [0, 0.1) is 0 Å². The van der Waals surface area contributed by atoms with Crippen LogP contribution < -0.4 is 16.8 Å². The number of thioether (sulfide) groups is 1. The Labute approximate surface area is 188 Å². The molecule has 0 bridgehead atoms. The molecule has 3 aromatic carbocycles. The first kappa shape index (κ1) is 21.3. The summed E-state index contributed by atoms with van der Waals surface area (Å²) in [5.74, 6) is -1.09. The Hall–Kier alpha value is -3.91. The van der Waals surface area contributed by atoms with Crippen molar-refractivity contribution in [3.8, 4) is 11.1 Å². The molecule has 2 amide bonds. The van der Waals surface area contributed by atoms with Crippen molar-refractivity contribution in [2.45, 2.75) is 11.3 Å². The smallest absolute Gasteiger partial charge is 0.252 e. The quantitative estimate of drug-likeness (QED) is 0.309. The summed E-state index contributed by atoms with van der Waals surface area (Å²) in [6.45, 7) is 0.0850. The summed E-state index contributed by atoms with van der Waals surface area (Å²) in [6, 6.07) is 16.9. The number of anilines is 1. The van der Waals surface area contributed by atoms with Gasteiger partial charge < -0.3 is 16.8 Å². The zero-order valence-corrected chi connectivity index (χ0v) is 17.7. The zero-order chi connectivity index (χ0) is 22.8. The number of carbonyl (C=O) groups is 4. The lowest BCUT2D eigenvalue weighted by Crippen LogP contribution is -2.28. The van der Waals surface area contributed by atoms with Crippen molar-refractivity contribution in [1.82, 2.24) is 5.32 Å². The predicted octanol–water partition coefficient (Wildman–Crippen LogP) is 3.02. The first-order chi connectivity index (χ1) is 15.4. The lowest BCUT2D eigenvalue weighted by molar-refractivity contribution is -0.117. The fraction of sp³-hybridized carbons (Fsp3) is 0.0833. The summed E-state index contributed by atoms with van der Waals surface area (Å²) < 4.78 is 0. The van der Waals surface area contributed by atoms with Crippen LogP contribution >= 0.6 is 11.8 Å². The SMILES string of the molecule is NC(=O)CCNC(=O)c1ccc(N)cc1SC(=O)c1cccc2c1-c1ccccc1C2=O. The highest BCUT2D eigenvalue weighted by molar-refractivity contribution is 8.14. The van der Waals surface area contributed by atoms with E-state index in [4.69, 9.17) is 11.5 Å². The van der Waals surface area contributed by atoms with Crippen LogP contribution in [0.2, 0.25) is 0 Å². The van der Waals surface area contributed by atoms with Gasteiger partial charge in [0.05, 0.1) is 5.56 Å². The molecule has 32 heavy (non-hydrogen) atoms. The standard InChI is InChI=1S/C24H19N3O4S/c25-13-8-9-16(23(30)27-11-10-20(26)28)19(12-13)32-24(31)18-7-3-6-17-21(18)14-4-1-2-5-15(14)22(17)29/h1-9,12H,10-11,25H2,(H2,26,28)(H,27,30). The Balaban J connectivity index is 1.66. The van der Waals surface area contributed by atoms with Gasteiger partial charge in [0.25, 0.3) is 5.91 Å². The molecule has 7 nitrogen and oxygen atoms in total. The van der Waals surface area contributed by atoms with Crippen molar-refractivity contribution in [2.24, 2.45) is 5.73 Å². The number of primary amides is 1. The molecule has 0 heterocycles. The minimum atomic E-state index is -0.528. The Kier molecular flexibility index (Phi) is 5.79. The topological polar surface area (TPSA) is 132 Å². The van der Waals surface area contributed by atoms with Gasteiger partial charge in [0.15, 0.2) is 5.78 Å². The first-order valence-electron chi connectivity index (χ1n) is 9.82. The van der Waals surface area contributed by atoms with Crippen LogP contribution in [-0.4, -0.2) is 29.3 Å². The van der Waals surface area contributed by atoms with Gasteiger partial charge in [-0.15, -0.1) is 0 Å². The molecule has 3 aromatic rings. The number of hydrogen-bond donors (Lipinski definition) is 3. The lowest BCUT2D eigenvalue weighted by atomic mass is 10.0. The summed E-state index contributed by atoms with van der Waals surface area (Å²) in [7, 11) is 0. The van der Waals surface area contributed by atoms with Crippen molar-refractivity contribution in [3.63, 3.8) is 0 Å². The van der Waals surface area contributed by atoms with Crippen molar-refractivity contribution < 1.29 is 19.2 Å². The third kappa shape index (κ3) is 4.00. The van der Waals surface area contributed by atoms with Crippen LogP contribution in [0.3, 0.4) is 0 Å². The molecule has 0 saturated heterocycles. The minimum absolute atomic E-state index is 0.00566. The molecule has 0 unspecified atom stereocenters. The molecule has 4 rings (SSSR count). The maximum atomic E-state index is 13.3. The summed E-state index contributed by atoms with van der Waals surface area (Å²) >= 11 is 0.865. The van der Waals surface area contributed by atoms with E-state index in [9.17, 15) is 19.2 Å². The molecule has 160 valence electrons. The number of rotatable bonds is 6. The normalized spacial score (nSPS) is 11.6. The number of carbonyl (C=O) groups excluding carboxylic acids is 4. The van der Waals surface area contributed by atoms with E-state index in [0.29, 0.717) is 38.4 Å². The van der Waals surface area contributed by atoms with Crippen LogP contribution in [0.5, 0.6) is 0 Å². The number of fused-ring (bicyclic) bond motifs is 3. The molecule has 0 aromatic heterocycles. The zero-order valence-electron chi connectivity index (χ0n) is 16.9. The Morgan fingerprint density at radius 2 is 1.59 bits per heavy atom. The van der Waals surface area contributed by atoms with E-state index >= 15 is 0 Å². The van der Waals surface area contributed by atoms with Crippen LogP contribution in [0.15, 0.2) is 65.6 Å². The second kappa shape index (κ2) is 8.68. The van der Waals surface area contributed by atoms with E-state index in [1.54, 1.807) is 42.5 Å². The van der Waals surface area contributed by atoms with E-state index < -0.39 is 11.8 Å². The van der Waals surface area contributed by atoms with Crippen molar-refractivity contribution >= 4 is 40.2 Å². The average molecular weight is 446 g/mol. The Morgan fingerprint density at radius 1 is 0.875 bits per heavy atom. The van der Waals surface area contributed by atoms with Gasteiger partial charge in [0.1, 0.15) is 0 Å². The summed E-state index contributed by atoms with van der Waals surface area (Å²) in [4.78, 5) is 49.9. The second-order valence-corrected chi connectivity index (χ2v) is 8.23. The molecule has 0 spiro atoms. The third-order valence-corrected chi connectivity index (χ3v) is 6.04. The molecule has 1 aliphatic rings. The largest absolute Gasteiger partial charge is 0.399 e. The lowest BCUT2D eigenvalue weighted by Gasteiger charge is -2.12. The third-order valence-electron chi connectivity index (χ3n) is 5.08. The molecule has 0 fully saturated rings. The number of hydrogen-bond acceptors (Lipinski definition) is 6. The van der Waals surface area contributed by atoms with E-state index in [-0.39, 0.29) is 29.4 Å². The average Bonchev–Trinajstić information content (AvgIpc) is 3.06. The minimum Gasteiger partial charge on any atom is -0.399 e. The second-order valence-electron chi connectivity index (χ2n) is 7.22. The number of nitrogen functional groups attached to an aromatic ring is 1. The van der Waals surface area contributed by atoms with Gasteiger partial charge in [0.2, 0.25) is 11.0 Å². The first-order valence-corrected chi connectivity index (χ1v) is 10.6. The molecule has 0 aliphatic heterocycles. The maximum absolute atomic E-state index is 13.3. The number of nitrogens with two attached hydrogens (primary N) is 2. The molecule has 0 saturated carbocycles. The summed E-state index contributed by atoms with van der Waals surface area (Å²) in [5.41, 5.74) is 14.4. The monoisotopic (exact) mass is 445 g/mol. The predicted molar refractivity (Wildman–Crippen MR) is 122 cm³/mol. The van der Waals surface area contributed by atoms with Gasteiger partial charge in [-0.25, -0.2) is 0 Å². The number of nitrogens with one attached hydrogen (secondary N) is 1. The van der Waals surface area contributed by atoms with Crippen LogP contribution in [0.1, 0.15) is 43.1 Å². The van der Waals surface area contributed by atoms with Crippen molar-refractivity contribution in [3.05, 3.63) is 82.9 Å². The van der Waals surface area contributed by atoms with Gasteiger partial charge in [-0.1, -0.05) is 36.4 Å². The fourth-order valence-electron chi connectivity index (χ4n) is 3.61. The number of benzene rings is 3. The molecule has 1 aliphatic carbocycles. The highest BCUT2D eigenvalue weighted by Crippen LogP contribution is 2.41. The maximum Gasteiger partial charge on any atom is 0.252 e. The molecular weight excluding hydrogens is 426 g/mol.